The highest BCUT2D eigenvalue weighted by atomic mass is 32.1. The molecule has 1 fully saturated rings. The third-order valence-corrected chi connectivity index (χ3v) is 5.46. The van der Waals surface area contributed by atoms with Gasteiger partial charge in [0.25, 0.3) is 0 Å². The number of amides is 3. The van der Waals surface area contributed by atoms with Crippen LogP contribution >= 0.6 is 12.6 Å². The van der Waals surface area contributed by atoms with Crippen LogP contribution in [0, 0.1) is 5.92 Å². The van der Waals surface area contributed by atoms with Crippen LogP contribution in [0.5, 0.6) is 0 Å². The third-order valence-electron chi connectivity index (χ3n) is 5.09. The molecule has 1 aliphatic heterocycles. The molecule has 4 unspecified atom stereocenters. The summed E-state index contributed by atoms with van der Waals surface area (Å²) in [5, 5.41) is 20.2. The Morgan fingerprint density at radius 3 is 2.24 bits per heavy atom. The molecule has 0 radical (unpaired) electrons. The maximum Gasteiger partial charge on any atom is 0.326 e. The minimum Gasteiger partial charge on any atom is -0.480 e. The standard InChI is InChI=1S/C20H37N7O5S/c1-11(2)9-14(19(31)32)26-18(30)15(10-33)27-17(29)13(6-4-8-24-20(21)22)25-16(28)12-5-3-7-23-12/h11-15,23,33H,3-10H2,1-2H3,(H,25,28)(H,26,30)(H,27,29)(H,31,32)(H4,21,22,24). The second-order valence-corrected chi connectivity index (χ2v) is 8.80. The van der Waals surface area contributed by atoms with Crippen molar-refractivity contribution in [1.82, 2.24) is 21.3 Å². The Balaban J connectivity index is 2.82. The summed E-state index contributed by atoms with van der Waals surface area (Å²) in [6.07, 6.45) is 2.44. The number of carbonyl (C=O) groups excluding carboxylic acids is 3. The number of carbonyl (C=O) groups is 4. The van der Waals surface area contributed by atoms with Gasteiger partial charge in [-0.2, -0.15) is 12.6 Å². The molecule has 1 saturated heterocycles. The fourth-order valence-corrected chi connectivity index (χ4v) is 3.64. The van der Waals surface area contributed by atoms with Crippen LogP contribution in [0.25, 0.3) is 0 Å². The molecular weight excluding hydrogens is 450 g/mol. The predicted octanol–water partition coefficient (Wildman–Crippen LogP) is -1.69. The smallest absolute Gasteiger partial charge is 0.326 e. The number of rotatable bonds is 14. The van der Waals surface area contributed by atoms with Crippen molar-refractivity contribution in [3.63, 3.8) is 0 Å². The summed E-state index contributed by atoms with van der Waals surface area (Å²) < 4.78 is 0. The van der Waals surface area contributed by atoms with Crippen LogP contribution in [-0.4, -0.2) is 77.8 Å². The molecule has 1 heterocycles. The summed E-state index contributed by atoms with van der Waals surface area (Å²) in [6.45, 7) is 4.68. The molecule has 13 heteroatoms. The van der Waals surface area contributed by atoms with Gasteiger partial charge in [-0.1, -0.05) is 13.8 Å². The highest BCUT2D eigenvalue weighted by molar-refractivity contribution is 7.80. The van der Waals surface area contributed by atoms with E-state index >= 15 is 0 Å². The Hall–Kier alpha value is -2.54. The highest BCUT2D eigenvalue weighted by Crippen LogP contribution is 2.08. The Bertz CT molecular complexity index is 709. The van der Waals surface area contributed by atoms with Gasteiger partial charge in [0.2, 0.25) is 17.7 Å². The summed E-state index contributed by atoms with van der Waals surface area (Å²) in [5.41, 5.74) is 10.6. The number of nitrogens with one attached hydrogen (secondary N) is 4. The van der Waals surface area contributed by atoms with Gasteiger partial charge < -0.3 is 37.8 Å². The van der Waals surface area contributed by atoms with Gasteiger partial charge in [-0.15, -0.1) is 0 Å². The van der Waals surface area contributed by atoms with Crippen LogP contribution in [0.15, 0.2) is 4.99 Å². The molecule has 9 N–H and O–H groups in total. The first-order chi connectivity index (χ1) is 15.5. The van der Waals surface area contributed by atoms with E-state index in [-0.39, 0.29) is 49.0 Å². The van der Waals surface area contributed by atoms with Crippen molar-refractivity contribution in [2.45, 2.75) is 70.1 Å². The zero-order valence-electron chi connectivity index (χ0n) is 19.2. The van der Waals surface area contributed by atoms with Crippen molar-refractivity contribution in [1.29, 1.82) is 0 Å². The van der Waals surface area contributed by atoms with E-state index in [0.717, 1.165) is 13.0 Å². The molecule has 188 valence electrons. The third kappa shape index (κ3) is 10.7. The first-order valence-corrected chi connectivity index (χ1v) is 11.7. The monoisotopic (exact) mass is 487 g/mol. The first-order valence-electron chi connectivity index (χ1n) is 11.1. The van der Waals surface area contributed by atoms with Crippen LogP contribution in [0.2, 0.25) is 0 Å². The SMILES string of the molecule is CC(C)CC(NC(=O)C(CS)NC(=O)C(CCCN=C(N)N)NC(=O)C1CCCN1)C(=O)O. The van der Waals surface area contributed by atoms with E-state index in [9.17, 15) is 24.3 Å². The number of hydrogen-bond acceptors (Lipinski definition) is 7. The van der Waals surface area contributed by atoms with Gasteiger partial charge in [-0.05, 0) is 44.6 Å². The zero-order valence-corrected chi connectivity index (χ0v) is 20.1. The molecule has 1 aliphatic rings. The molecule has 0 bridgehead atoms. The number of carboxylic acids is 1. The van der Waals surface area contributed by atoms with Gasteiger partial charge in [0, 0.05) is 12.3 Å². The summed E-state index contributed by atoms with van der Waals surface area (Å²) in [7, 11) is 0. The van der Waals surface area contributed by atoms with Crippen LogP contribution in [0.4, 0.5) is 0 Å². The van der Waals surface area contributed by atoms with Gasteiger partial charge in [-0.3, -0.25) is 19.4 Å². The van der Waals surface area contributed by atoms with Crippen LogP contribution in [0.1, 0.15) is 46.0 Å². The molecule has 1 rings (SSSR count). The van der Waals surface area contributed by atoms with E-state index in [1.165, 1.54) is 0 Å². The minimum atomic E-state index is -1.16. The zero-order chi connectivity index (χ0) is 25.0. The number of aliphatic imine (C=N–C) groups is 1. The molecule has 3 amide bonds. The Morgan fingerprint density at radius 1 is 1.09 bits per heavy atom. The summed E-state index contributed by atoms with van der Waals surface area (Å²) in [6, 6.07) is -3.46. The molecule has 33 heavy (non-hydrogen) atoms. The average Bonchev–Trinajstić information content (AvgIpc) is 3.27. The molecule has 0 saturated carbocycles. The molecule has 0 aliphatic carbocycles. The second-order valence-electron chi connectivity index (χ2n) is 8.43. The Morgan fingerprint density at radius 2 is 1.73 bits per heavy atom. The highest BCUT2D eigenvalue weighted by Gasteiger charge is 2.31. The molecule has 0 aromatic heterocycles. The van der Waals surface area contributed by atoms with E-state index in [2.05, 4.69) is 38.9 Å². The summed E-state index contributed by atoms with van der Waals surface area (Å²) >= 11 is 4.13. The quantitative estimate of drug-likeness (QED) is 0.0613. The van der Waals surface area contributed by atoms with Crippen molar-refractivity contribution in [2.75, 3.05) is 18.8 Å². The lowest BCUT2D eigenvalue weighted by molar-refractivity contribution is -0.142. The predicted molar refractivity (Wildman–Crippen MR) is 128 cm³/mol. The summed E-state index contributed by atoms with van der Waals surface area (Å²) in [4.78, 5) is 53.4. The van der Waals surface area contributed by atoms with Gasteiger partial charge in [-0.25, -0.2) is 4.79 Å². The van der Waals surface area contributed by atoms with Crippen LogP contribution < -0.4 is 32.7 Å². The van der Waals surface area contributed by atoms with Gasteiger partial charge in [0.15, 0.2) is 5.96 Å². The maximum absolute atomic E-state index is 12.9. The number of guanidine groups is 1. The van der Waals surface area contributed by atoms with E-state index < -0.39 is 35.9 Å². The normalized spacial score (nSPS) is 18.1. The maximum atomic E-state index is 12.9. The molecule has 0 aromatic carbocycles. The number of nitrogens with zero attached hydrogens (tertiary/aromatic N) is 1. The van der Waals surface area contributed by atoms with Gasteiger partial charge in [0.05, 0.1) is 6.04 Å². The van der Waals surface area contributed by atoms with Gasteiger partial charge in [0.1, 0.15) is 18.1 Å². The fraction of sp³-hybridized carbons (Fsp3) is 0.750. The number of carboxylic acid groups (broad SMARTS) is 1. The lowest BCUT2D eigenvalue weighted by Gasteiger charge is -2.24. The first kappa shape index (κ1) is 28.5. The van der Waals surface area contributed by atoms with E-state index in [1.54, 1.807) is 0 Å². The summed E-state index contributed by atoms with van der Waals surface area (Å²) in [5.74, 6) is -2.77. The van der Waals surface area contributed by atoms with E-state index in [4.69, 9.17) is 11.5 Å². The fourth-order valence-electron chi connectivity index (χ4n) is 3.38. The largest absolute Gasteiger partial charge is 0.480 e. The lowest BCUT2D eigenvalue weighted by atomic mass is 10.0. The number of aliphatic carboxylic acids is 1. The van der Waals surface area contributed by atoms with Crippen molar-refractivity contribution in [2.24, 2.45) is 22.4 Å². The van der Waals surface area contributed by atoms with Crippen LogP contribution in [0.3, 0.4) is 0 Å². The number of thiol groups is 1. The molecule has 0 aromatic rings. The Labute approximate surface area is 199 Å². The lowest BCUT2D eigenvalue weighted by Crippen LogP contribution is -2.57. The Kier molecular flexibility index (Phi) is 12.6. The van der Waals surface area contributed by atoms with Crippen molar-refractivity contribution >= 4 is 42.3 Å². The van der Waals surface area contributed by atoms with Crippen molar-refractivity contribution in [3.8, 4) is 0 Å². The van der Waals surface area contributed by atoms with Crippen molar-refractivity contribution in [3.05, 3.63) is 0 Å². The van der Waals surface area contributed by atoms with Crippen LogP contribution in [-0.2, 0) is 19.2 Å². The number of nitrogens with two attached hydrogens (primary N) is 2. The topological polar surface area (TPSA) is 201 Å². The van der Waals surface area contributed by atoms with Crippen molar-refractivity contribution < 1.29 is 24.3 Å². The second kappa shape index (κ2) is 14.6. The average molecular weight is 488 g/mol. The molecule has 0 spiro atoms. The van der Waals surface area contributed by atoms with E-state index in [0.29, 0.717) is 12.8 Å². The van der Waals surface area contributed by atoms with E-state index in [1.807, 2.05) is 13.8 Å². The molecule has 12 nitrogen and oxygen atoms in total. The minimum absolute atomic E-state index is 0.0458. The molecule has 4 atom stereocenters. The molecular formula is C20H37N7O5S. The number of hydrogen-bond donors (Lipinski definition) is 8. The van der Waals surface area contributed by atoms with Gasteiger partial charge >= 0.3 is 5.97 Å².